The van der Waals surface area contributed by atoms with E-state index in [2.05, 4.69) is 12.2 Å². The number of carbonyl (C=O) groups is 2. The predicted molar refractivity (Wildman–Crippen MR) is 116 cm³/mol. The zero-order valence-electron chi connectivity index (χ0n) is 18.1. The molecule has 2 nitrogen and oxygen atoms in total. The topological polar surface area (TPSA) is 34.1 Å². The van der Waals surface area contributed by atoms with Gasteiger partial charge in [0, 0.05) is 16.7 Å². The Morgan fingerprint density at radius 1 is 0.889 bits per heavy atom. The molecule has 0 saturated heterocycles. The van der Waals surface area contributed by atoms with E-state index in [9.17, 15) is 9.59 Å². The molecule has 0 heterocycles. The minimum Gasteiger partial charge on any atom is -0.294 e. The molecule has 1 aromatic rings. The van der Waals surface area contributed by atoms with Gasteiger partial charge in [0.15, 0.2) is 11.6 Å². The third kappa shape index (κ3) is 4.37. The second-order valence-electron chi connectivity index (χ2n) is 6.17. The molecule has 27 heavy (non-hydrogen) atoms. The highest BCUT2D eigenvalue weighted by atomic mass is 16.1. The molecule has 0 N–H and O–H groups in total. The Morgan fingerprint density at radius 2 is 1.41 bits per heavy atom. The van der Waals surface area contributed by atoms with E-state index in [-0.39, 0.29) is 11.6 Å². The van der Waals surface area contributed by atoms with Crippen molar-refractivity contribution in [2.75, 3.05) is 0 Å². The van der Waals surface area contributed by atoms with Crippen LogP contribution in [0.4, 0.5) is 0 Å². The minimum absolute atomic E-state index is 0.00565. The van der Waals surface area contributed by atoms with E-state index in [1.807, 2.05) is 72.7 Å². The summed E-state index contributed by atoms with van der Waals surface area (Å²) in [5, 5.41) is 0. The summed E-state index contributed by atoms with van der Waals surface area (Å²) >= 11 is 0. The molecule has 2 heteroatoms. The fourth-order valence-corrected chi connectivity index (χ4v) is 3.56. The maximum atomic E-state index is 12.8. The monoisotopic (exact) mass is 366 g/mol. The molecule has 0 bridgehead atoms. The van der Waals surface area contributed by atoms with Crippen LogP contribution in [0.2, 0.25) is 0 Å². The van der Waals surface area contributed by atoms with Crippen molar-refractivity contribution in [2.24, 2.45) is 11.8 Å². The third-order valence-corrected chi connectivity index (χ3v) is 4.70. The first kappa shape index (κ1) is 22.8. The van der Waals surface area contributed by atoms with E-state index in [1.165, 1.54) is 6.42 Å². The van der Waals surface area contributed by atoms with Crippen molar-refractivity contribution in [3.63, 3.8) is 0 Å². The zero-order valence-corrected chi connectivity index (χ0v) is 18.1. The van der Waals surface area contributed by atoms with Crippen LogP contribution in [-0.4, -0.2) is 11.6 Å². The number of benzene rings is 1. The highest BCUT2D eigenvalue weighted by Gasteiger charge is 2.40. The van der Waals surface area contributed by atoms with Gasteiger partial charge in [-0.25, -0.2) is 0 Å². The van der Waals surface area contributed by atoms with E-state index < -0.39 is 0 Å². The lowest BCUT2D eigenvalue weighted by molar-refractivity contribution is -0.111. The maximum absolute atomic E-state index is 12.8. The van der Waals surface area contributed by atoms with Crippen molar-refractivity contribution in [1.29, 1.82) is 0 Å². The average molecular weight is 367 g/mol. The second-order valence-corrected chi connectivity index (χ2v) is 6.17. The molecule has 2 atom stereocenters. The van der Waals surface area contributed by atoms with Crippen LogP contribution < -0.4 is 0 Å². The van der Waals surface area contributed by atoms with Crippen LogP contribution in [0.15, 0.2) is 53.1 Å². The van der Waals surface area contributed by atoms with Gasteiger partial charge in [0.2, 0.25) is 0 Å². The summed E-state index contributed by atoms with van der Waals surface area (Å²) in [6, 6.07) is 7.43. The number of allylic oxidation sites excluding steroid dienone is 6. The number of ketones is 2. The number of carbonyl (C=O) groups excluding carboxylic acids is 2. The first-order valence-electron chi connectivity index (χ1n) is 10.4. The highest BCUT2D eigenvalue weighted by Crippen LogP contribution is 2.49. The van der Waals surface area contributed by atoms with Gasteiger partial charge in [-0.15, -0.1) is 0 Å². The molecular weight excluding hydrogens is 332 g/mol. The summed E-state index contributed by atoms with van der Waals surface area (Å²) in [4.78, 5) is 24.9. The third-order valence-electron chi connectivity index (χ3n) is 4.70. The Balaban J connectivity index is 0.000000556. The van der Waals surface area contributed by atoms with Gasteiger partial charge in [-0.2, -0.15) is 0 Å². The highest BCUT2D eigenvalue weighted by molar-refractivity contribution is 6.36. The van der Waals surface area contributed by atoms with Crippen LogP contribution in [0.5, 0.6) is 0 Å². The summed E-state index contributed by atoms with van der Waals surface area (Å²) < 4.78 is 0. The molecule has 1 aromatic carbocycles. The average Bonchev–Trinajstić information content (AvgIpc) is 3.40. The lowest BCUT2D eigenvalue weighted by Crippen LogP contribution is -2.07. The fraction of sp³-hybridized carbons (Fsp3) is 0.440. The maximum Gasteiger partial charge on any atom is 0.195 e. The molecule has 0 radical (unpaired) electrons. The minimum atomic E-state index is -0.0325. The molecule has 3 aliphatic rings. The second kappa shape index (κ2) is 10.2. The summed E-state index contributed by atoms with van der Waals surface area (Å²) in [5.74, 6) is 1.17. The van der Waals surface area contributed by atoms with Crippen LogP contribution in [0.1, 0.15) is 77.7 Å². The van der Waals surface area contributed by atoms with Crippen molar-refractivity contribution in [3.05, 3.63) is 64.3 Å². The van der Waals surface area contributed by atoms with E-state index >= 15 is 0 Å². The molecule has 4 rings (SSSR count). The Kier molecular flexibility index (Phi) is 8.62. The lowest BCUT2D eigenvalue weighted by atomic mass is 9.88. The molecule has 1 fully saturated rings. The number of hydrogen-bond acceptors (Lipinski definition) is 2. The molecule has 0 aliphatic heterocycles. The Morgan fingerprint density at radius 3 is 1.96 bits per heavy atom. The van der Waals surface area contributed by atoms with Crippen molar-refractivity contribution >= 4 is 17.1 Å². The van der Waals surface area contributed by atoms with E-state index in [1.54, 1.807) is 6.92 Å². The van der Waals surface area contributed by atoms with Gasteiger partial charge in [-0.05, 0) is 48.8 Å². The predicted octanol–water partition coefficient (Wildman–Crippen LogP) is 6.83. The first-order valence-corrected chi connectivity index (χ1v) is 10.4. The molecular formula is C25H34O2. The van der Waals surface area contributed by atoms with Crippen LogP contribution in [0.3, 0.4) is 0 Å². The van der Waals surface area contributed by atoms with Crippen LogP contribution >= 0.6 is 0 Å². The van der Waals surface area contributed by atoms with Crippen molar-refractivity contribution in [2.45, 2.75) is 61.8 Å². The summed E-state index contributed by atoms with van der Waals surface area (Å²) in [7, 11) is 0. The largest absolute Gasteiger partial charge is 0.294 e. The zero-order chi connectivity index (χ0) is 20.7. The van der Waals surface area contributed by atoms with Gasteiger partial charge in [0.25, 0.3) is 0 Å². The number of hydrogen-bond donors (Lipinski definition) is 0. The molecule has 0 aromatic heterocycles. The lowest BCUT2D eigenvalue weighted by Gasteiger charge is -2.14. The van der Waals surface area contributed by atoms with Crippen molar-refractivity contribution < 1.29 is 9.59 Å². The van der Waals surface area contributed by atoms with Crippen LogP contribution in [0, 0.1) is 11.8 Å². The SMILES string of the molecule is CC.CC.CC.CC(=O)C1=C(C2=CC3CC3C=C2C)C(=O)c2ccccc21. The number of Topliss-reactive ketones (excluding diaryl/α,β-unsaturated/α-hetero) is 2. The van der Waals surface area contributed by atoms with Crippen molar-refractivity contribution in [3.8, 4) is 0 Å². The number of fused-ring (bicyclic) bond motifs is 2. The summed E-state index contributed by atoms with van der Waals surface area (Å²) in [6.07, 6.45) is 5.62. The molecule has 146 valence electrons. The standard InChI is InChI=1S/C19H16O2.3C2H6/c1-10-7-12-8-13(12)9-16(10)18-17(11(2)20)14-5-3-4-6-15(14)19(18)21;3*1-2/h3-7,9,12-13H,8H2,1-2H3;3*1-2H3. The Labute approximate surface area is 165 Å². The molecule has 2 unspecified atom stereocenters. The van der Waals surface area contributed by atoms with Gasteiger partial charge < -0.3 is 0 Å². The van der Waals surface area contributed by atoms with Crippen LogP contribution in [-0.2, 0) is 4.79 Å². The van der Waals surface area contributed by atoms with Gasteiger partial charge in [-0.1, -0.05) is 78.0 Å². The Hall–Kier alpha value is -2.22. The fourth-order valence-electron chi connectivity index (χ4n) is 3.56. The molecule has 1 saturated carbocycles. The number of rotatable bonds is 2. The van der Waals surface area contributed by atoms with Gasteiger partial charge in [-0.3, -0.25) is 9.59 Å². The first-order chi connectivity index (χ1) is 13.1. The van der Waals surface area contributed by atoms with Gasteiger partial charge >= 0.3 is 0 Å². The summed E-state index contributed by atoms with van der Waals surface area (Å²) in [5.41, 5.74) is 4.75. The van der Waals surface area contributed by atoms with E-state index in [4.69, 9.17) is 0 Å². The summed E-state index contributed by atoms with van der Waals surface area (Å²) in [6.45, 7) is 15.6. The van der Waals surface area contributed by atoms with Gasteiger partial charge in [0.1, 0.15) is 0 Å². The van der Waals surface area contributed by atoms with Gasteiger partial charge in [0.05, 0.1) is 0 Å². The quantitative estimate of drug-likeness (QED) is 0.575. The van der Waals surface area contributed by atoms with Crippen LogP contribution in [0.25, 0.3) is 5.57 Å². The molecule has 3 aliphatic carbocycles. The Bertz CT molecular complexity index is 790. The molecule has 0 amide bonds. The van der Waals surface area contributed by atoms with E-state index in [0.29, 0.717) is 28.5 Å². The molecule has 0 spiro atoms. The van der Waals surface area contributed by atoms with E-state index in [0.717, 1.165) is 16.7 Å². The smallest absolute Gasteiger partial charge is 0.195 e. The normalized spacial score (nSPS) is 21.0. The van der Waals surface area contributed by atoms with Crippen molar-refractivity contribution in [1.82, 2.24) is 0 Å².